The maximum atomic E-state index is 10.6. The van der Waals surface area contributed by atoms with Crippen molar-refractivity contribution in [3.05, 3.63) is 54.1 Å². The molecule has 2 aromatic rings. The first-order chi connectivity index (χ1) is 15.8. The molecule has 3 aliphatic rings. The third kappa shape index (κ3) is 4.19. The van der Waals surface area contributed by atoms with Crippen molar-refractivity contribution in [1.29, 1.82) is 5.26 Å². The normalized spacial score (nSPS) is 27.2. The van der Waals surface area contributed by atoms with Crippen molar-refractivity contribution >= 4 is 18.9 Å². The Kier molecular flexibility index (Phi) is 6.84. The third-order valence-electron chi connectivity index (χ3n) is 9.24. The second-order valence-electron chi connectivity index (χ2n) is 10.9. The van der Waals surface area contributed by atoms with Crippen LogP contribution in [0, 0.1) is 34.4 Å². The number of ether oxygens (including phenoxy) is 2. The van der Waals surface area contributed by atoms with E-state index in [1.807, 2.05) is 12.1 Å². The van der Waals surface area contributed by atoms with E-state index in [9.17, 15) is 5.26 Å². The number of methoxy groups -OCH3 is 2. The van der Waals surface area contributed by atoms with Crippen LogP contribution in [0.2, 0.25) is 5.82 Å². The molecular formula is C28H38BNO2P. The van der Waals surface area contributed by atoms with Crippen LogP contribution in [0.15, 0.2) is 48.5 Å². The van der Waals surface area contributed by atoms with E-state index < -0.39 is 7.14 Å². The summed E-state index contributed by atoms with van der Waals surface area (Å²) in [6.45, 7) is 9.75. The van der Waals surface area contributed by atoms with Crippen molar-refractivity contribution in [3.8, 4) is 17.5 Å². The van der Waals surface area contributed by atoms with Crippen molar-refractivity contribution < 1.29 is 9.47 Å². The van der Waals surface area contributed by atoms with Gasteiger partial charge in [-0.05, 0) is 54.0 Å². The van der Waals surface area contributed by atoms with Gasteiger partial charge in [0, 0.05) is 30.1 Å². The summed E-state index contributed by atoms with van der Waals surface area (Å²) >= 11 is 0. The molecule has 2 aromatic carbocycles. The number of rotatable bonds is 8. The van der Waals surface area contributed by atoms with Gasteiger partial charge in [0.1, 0.15) is 11.5 Å². The molecule has 0 aliphatic heterocycles. The Balaban J connectivity index is 1.67. The molecule has 0 aromatic heterocycles. The first kappa shape index (κ1) is 24.2. The first-order valence-corrected chi connectivity index (χ1v) is 14.8. The van der Waals surface area contributed by atoms with Gasteiger partial charge in [0.2, 0.25) is 0 Å². The number of hydrogen-bond donors (Lipinski definition) is 0. The monoisotopic (exact) mass is 462 g/mol. The van der Waals surface area contributed by atoms with Gasteiger partial charge in [0.15, 0.2) is 6.43 Å². The average Bonchev–Trinajstić information content (AvgIpc) is 2.84. The second-order valence-corrected chi connectivity index (χ2v) is 15.0. The molecule has 0 N–H and O–H groups in total. The standard InChI is InChI=1S/C28H38BNO2P/c1-20-25-17-22(28(25,2)3)18-26(20)29(19-30)33(6,24-10-8-7-9-11-24)15-14-21-16-23(31-4)12-13-27(21)32-5/h7-13,16,20,22,25-26H,14-15,17-18H2,1-6H3/t20-,22+,25-,26-,33?/m1/s1. The van der Waals surface area contributed by atoms with Gasteiger partial charge in [-0.25, -0.2) is 5.26 Å². The maximum Gasteiger partial charge on any atom is 0.196 e. The molecule has 0 spiro atoms. The lowest BCUT2D eigenvalue weighted by molar-refractivity contribution is -0.0985. The van der Waals surface area contributed by atoms with Crippen molar-refractivity contribution in [1.82, 2.24) is 0 Å². The van der Waals surface area contributed by atoms with Gasteiger partial charge in [0.05, 0.1) is 14.2 Å². The molecule has 5 rings (SSSR count). The number of aryl methyl sites for hydroxylation is 1. The Morgan fingerprint density at radius 2 is 1.82 bits per heavy atom. The van der Waals surface area contributed by atoms with Crippen molar-refractivity contribution in [3.63, 3.8) is 0 Å². The van der Waals surface area contributed by atoms with Crippen molar-refractivity contribution in [2.24, 2.45) is 23.2 Å². The van der Waals surface area contributed by atoms with Crippen LogP contribution in [-0.2, 0) is 6.42 Å². The molecule has 3 saturated carbocycles. The average molecular weight is 462 g/mol. The molecule has 5 heteroatoms. The summed E-state index contributed by atoms with van der Waals surface area (Å²) in [5, 5.41) is 12.0. The smallest absolute Gasteiger partial charge is 0.196 e. The summed E-state index contributed by atoms with van der Waals surface area (Å²) in [6, 6.07) is 16.9. The molecular weight excluding hydrogens is 424 g/mol. The van der Waals surface area contributed by atoms with E-state index in [4.69, 9.17) is 9.47 Å². The minimum atomic E-state index is -1.76. The summed E-state index contributed by atoms with van der Waals surface area (Å²) in [5.74, 6) is 7.24. The minimum absolute atomic E-state index is 0.0907. The highest BCUT2D eigenvalue weighted by Gasteiger charge is 2.57. The van der Waals surface area contributed by atoms with Gasteiger partial charge >= 0.3 is 0 Å². The summed E-state index contributed by atoms with van der Waals surface area (Å²) < 4.78 is 11.2. The molecule has 33 heavy (non-hydrogen) atoms. The maximum absolute atomic E-state index is 10.6. The number of benzene rings is 2. The Bertz CT molecular complexity index is 1020. The highest BCUT2D eigenvalue weighted by Crippen LogP contribution is 2.70. The highest BCUT2D eigenvalue weighted by molar-refractivity contribution is 8.10. The van der Waals surface area contributed by atoms with Crippen LogP contribution in [0.1, 0.15) is 39.2 Å². The molecule has 0 saturated heterocycles. The number of fused-ring (bicyclic) bond motifs is 2. The summed E-state index contributed by atoms with van der Waals surface area (Å²) in [4.78, 5) is 0. The fraction of sp³-hybridized carbons (Fsp3) is 0.536. The van der Waals surface area contributed by atoms with Crippen LogP contribution >= 0.6 is 7.14 Å². The van der Waals surface area contributed by atoms with E-state index in [1.165, 1.54) is 18.1 Å². The van der Waals surface area contributed by atoms with Crippen LogP contribution < -0.4 is 14.8 Å². The molecule has 175 valence electrons. The van der Waals surface area contributed by atoms with E-state index in [0.717, 1.165) is 41.5 Å². The zero-order valence-electron chi connectivity index (χ0n) is 21.0. The van der Waals surface area contributed by atoms with Crippen LogP contribution in [0.25, 0.3) is 0 Å². The van der Waals surface area contributed by atoms with Crippen LogP contribution in [0.5, 0.6) is 11.5 Å². The van der Waals surface area contributed by atoms with Crippen LogP contribution in [0.4, 0.5) is 0 Å². The molecule has 0 amide bonds. The third-order valence-corrected chi connectivity index (χ3v) is 13.6. The second kappa shape index (κ2) is 9.35. The summed E-state index contributed by atoms with van der Waals surface area (Å²) in [6.07, 6.45) is 4.53. The van der Waals surface area contributed by atoms with Crippen molar-refractivity contribution in [2.75, 3.05) is 27.0 Å². The predicted molar refractivity (Wildman–Crippen MR) is 141 cm³/mol. The van der Waals surface area contributed by atoms with Gasteiger partial charge in [-0.2, -0.15) is 0 Å². The largest absolute Gasteiger partial charge is 0.497 e. The number of hydrogen-bond acceptors (Lipinski definition) is 3. The molecule has 3 fully saturated rings. The molecule has 2 bridgehead atoms. The lowest BCUT2D eigenvalue weighted by Crippen LogP contribution is -2.56. The zero-order valence-corrected chi connectivity index (χ0v) is 21.9. The van der Waals surface area contributed by atoms with Crippen LogP contribution in [-0.4, -0.2) is 33.5 Å². The number of nitriles is 1. The topological polar surface area (TPSA) is 42.2 Å². The van der Waals surface area contributed by atoms with E-state index in [-0.39, 0.29) is 6.43 Å². The summed E-state index contributed by atoms with van der Waals surface area (Å²) in [5.41, 5.74) is 1.60. The SMILES string of the molecule is COc1ccc(OC)c(CC[P+](C)([B-](C#N)[C@@H]2C[C@@H]3C[C@H]([C@H]2C)C3(C)C)c2ccccc2)c1. The Morgan fingerprint density at radius 1 is 1.09 bits per heavy atom. The minimum Gasteiger partial charge on any atom is -0.497 e. The lowest BCUT2D eigenvalue weighted by Gasteiger charge is -2.65. The van der Waals surface area contributed by atoms with Gasteiger partial charge in [-0.1, -0.05) is 51.3 Å². The quantitative estimate of drug-likeness (QED) is 0.339. The molecule has 1 radical (unpaired) electrons. The Labute approximate surface area is 201 Å². The van der Waals surface area contributed by atoms with E-state index in [0.29, 0.717) is 17.2 Å². The van der Waals surface area contributed by atoms with Gasteiger partial charge in [-0.15, -0.1) is 18.9 Å². The van der Waals surface area contributed by atoms with E-state index >= 15 is 0 Å². The van der Waals surface area contributed by atoms with Gasteiger partial charge in [0.25, 0.3) is 0 Å². The fourth-order valence-corrected chi connectivity index (χ4v) is 10.8. The van der Waals surface area contributed by atoms with Crippen LogP contribution in [0.3, 0.4) is 0 Å². The number of nitrogens with zero attached hydrogens (tertiary/aromatic N) is 1. The first-order valence-electron chi connectivity index (χ1n) is 12.3. The molecule has 0 heterocycles. The van der Waals surface area contributed by atoms with E-state index in [2.05, 4.69) is 69.8 Å². The molecule has 1 unspecified atom stereocenters. The Hall–Kier alpha value is -1.98. The highest BCUT2D eigenvalue weighted by atomic mass is 31.2. The van der Waals surface area contributed by atoms with Gasteiger partial charge in [-0.3, -0.25) is 0 Å². The predicted octanol–water partition coefficient (Wildman–Crippen LogP) is 6.35. The molecule has 3 aliphatic carbocycles. The van der Waals surface area contributed by atoms with Crippen molar-refractivity contribution in [2.45, 2.75) is 45.9 Å². The molecule has 5 atom stereocenters. The van der Waals surface area contributed by atoms with Gasteiger partial charge < -0.3 is 9.47 Å². The lowest BCUT2D eigenvalue weighted by atomic mass is 9.37. The summed E-state index contributed by atoms with van der Waals surface area (Å²) in [7, 11) is 1.67. The molecule has 3 nitrogen and oxygen atoms in total. The fourth-order valence-electron chi connectivity index (χ4n) is 6.88. The Morgan fingerprint density at radius 3 is 2.39 bits per heavy atom. The van der Waals surface area contributed by atoms with E-state index in [1.54, 1.807) is 14.2 Å². The zero-order chi connectivity index (χ0) is 23.8.